The normalized spacial score (nSPS) is 23.5. The van der Waals surface area contributed by atoms with E-state index < -0.39 is 53.1 Å². The van der Waals surface area contributed by atoms with Crippen molar-refractivity contribution in [2.45, 2.75) is 94.6 Å². The van der Waals surface area contributed by atoms with Crippen LogP contribution in [-0.4, -0.2) is 77.6 Å². The minimum absolute atomic E-state index is 0.137. The molecule has 3 aromatic heterocycles. The topological polar surface area (TPSA) is 164 Å². The van der Waals surface area contributed by atoms with Crippen LogP contribution in [0.5, 0.6) is 0 Å². The molecular formula is C41H44F4N8O5S. The third-order valence-corrected chi connectivity index (χ3v) is 13.2. The molecule has 5 aromatic rings. The van der Waals surface area contributed by atoms with Crippen molar-refractivity contribution in [1.29, 1.82) is 0 Å². The van der Waals surface area contributed by atoms with Crippen LogP contribution in [0.25, 0.3) is 21.3 Å². The molecule has 1 unspecified atom stereocenters. The number of halogens is 4. The predicted octanol–water partition coefficient (Wildman–Crippen LogP) is 6.32. The molecule has 1 saturated carbocycles. The SMILES string of the molecule is Cn1c(=O)n(C2CCC(=O)NC2=O)c2cccc([C@@H]3CCN(CC4CCC(c5nc6cc(C(C)(C)O)c(NC(=O)c7cncc(C(F)(F)F)n7)cc6s5)CC4)C[C@H]3F)c21. The molecule has 2 aromatic carbocycles. The maximum atomic E-state index is 16.2. The standard InChI is InChI=1S/C41H44F4N8O5S/c1-40(2,58)25-15-28-32(16-27(25)48-36(55)29-17-46-18-33(47-29)41(43,44)45)59-38(49-28)22-9-7-21(8-10-22)19-52-14-13-23(26(42)20-52)24-5-4-6-30-35(24)51(3)39(57)53(30)31-11-12-34(54)50-37(31)56/h4-6,15-18,21-23,26,31,58H,7-14,19-20H2,1-3H3,(H,48,55)(H,50,54,56)/t21?,22?,23-,26+,31?/m0/s1. The van der Waals surface area contributed by atoms with Gasteiger partial charge in [-0.2, -0.15) is 13.2 Å². The molecule has 3 aliphatic rings. The van der Waals surface area contributed by atoms with Crippen molar-refractivity contribution in [3.05, 3.63) is 80.7 Å². The predicted molar refractivity (Wildman–Crippen MR) is 212 cm³/mol. The summed E-state index contributed by atoms with van der Waals surface area (Å²) in [5, 5.41) is 16.9. The highest BCUT2D eigenvalue weighted by Gasteiger charge is 2.37. The Morgan fingerprint density at radius 1 is 1.03 bits per heavy atom. The van der Waals surface area contributed by atoms with Crippen LogP contribution in [0.3, 0.4) is 0 Å². The Kier molecular flexibility index (Phi) is 10.7. The maximum absolute atomic E-state index is 16.2. The number of nitrogens with zero attached hydrogens (tertiary/aromatic N) is 6. The smallest absolute Gasteiger partial charge is 0.386 e. The van der Waals surface area contributed by atoms with E-state index in [9.17, 15) is 37.5 Å². The number of para-hydroxylation sites is 1. The highest BCUT2D eigenvalue weighted by Crippen LogP contribution is 2.43. The van der Waals surface area contributed by atoms with E-state index in [1.165, 1.54) is 20.5 Å². The first-order valence-corrected chi connectivity index (χ1v) is 20.6. The summed E-state index contributed by atoms with van der Waals surface area (Å²) in [6.45, 7) is 4.82. The number of aryl methyl sites for hydroxylation is 1. The molecule has 59 heavy (non-hydrogen) atoms. The fourth-order valence-corrected chi connectivity index (χ4v) is 10.2. The van der Waals surface area contributed by atoms with Gasteiger partial charge >= 0.3 is 11.9 Å². The number of aromatic nitrogens is 5. The number of nitrogens with one attached hydrogen (secondary N) is 2. The minimum Gasteiger partial charge on any atom is -0.386 e. The molecule has 13 nitrogen and oxygen atoms in total. The molecule has 18 heteroatoms. The molecule has 1 aliphatic carbocycles. The summed E-state index contributed by atoms with van der Waals surface area (Å²) in [4.78, 5) is 65.0. The van der Waals surface area contributed by atoms with E-state index in [1.54, 1.807) is 45.2 Å². The lowest BCUT2D eigenvalue weighted by Crippen LogP contribution is -2.44. The molecule has 8 rings (SSSR count). The van der Waals surface area contributed by atoms with Gasteiger partial charge in [0.25, 0.3) is 5.91 Å². The summed E-state index contributed by atoms with van der Waals surface area (Å²) < 4.78 is 59.5. The van der Waals surface area contributed by atoms with Crippen LogP contribution in [0.15, 0.2) is 47.5 Å². The number of likely N-dealkylation sites (tertiary alicyclic amines) is 1. The van der Waals surface area contributed by atoms with Gasteiger partial charge in [0.2, 0.25) is 11.8 Å². The number of imide groups is 1. The van der Waals surface area contributed by atoms with Crippen LogP contribution in [0, 0.1) is 5.92 Å². The summed E-state index contributed by atoms with van der Waals surface area (Å²) in [5.41, 5.74) is -0.474. The van der Waals surface area contributed by atoms with Gasteiger partial charge in [0, 0.05) is 49.6 Å². The Morgan fingerprint density at radius 2 is 1.80 bits per heavy atom. The second kappa shape index (κ2) is 15.5. The van der Waals surface area contributed by atoms with E-state index in [1.807, 2.05) is 6.07 Å². The van der Waals surface area contributed by atoms with Crippen LogP contribution in [0.4, 0.5) is 23.2 Å². The second-order valence-electron chi connectivity index (χ2n) is 16.5. The van der Waals surface area contributed by atoms with Gasteiger partial charge in [-0.05, 0) is 88.6 Å². The Hall–Kier alpha value is -5.07. The number of anilines is 1. The van der Waals surface area contributed by atoms with E-state index in [-0.39, 0.29) is 42.6 Å². The van der Waals surface area contributed by atoms with Crippen molar-refractivity contribution < 1.29 is 37.1 Å². The zero-order chi connectivity index (χ0) is 42.0. The van der Waals surface area contributed by atoms with Crippen molar-refractivity contribution in [1.82, 2.24) is 34.3 Å². The number of hydrogen-bond donors (Lipinski definition) is 3. The fraction of sp³-hybridized carbons (Fsp3) is 0.488. The van der Waals surface area contributed by atoms with Crippen molar-refractivity contribution in [3.8, 4) is 0 Å². The Morgan fingerprint density at radius 3 is 2.49 bits per heavy atom. The lowest BCUT2D eigenvalue weighted by Gasteiger charge is -2.38. The number of benzene rings is 2. The van der Waals surface area contributed by atoms with Gasteiger partial charge in [0.1, 0.15) is 17.9 Å². The first kappa shape index (κ1) is 40.7. The van der Waals surface area contributed by atoms with Gasteiger partial charge in [-0.3, -0.25) is 33.8 Å². The molecular weight excluding hydrogens is 793 g/mol. The number of rotatable bonds is 8. The minimum atomic E-state index is -4.77. The molecule has 0 bridgehead atoms. The van der Waals surface area contributed by atoms with Crippen molar-refractivity contribution >= 4 is 56.0 Å². The largest absolute Gasteiger partial charge is 0.434 e. The van der Waals surface area contributed by atoms with Gasteiger partial charge in [0.15, 0.2) is 5.69 Å². The lowest BCUT2D eigenvalue weighted by molar-refractivity contribution is -0.141. The Labute approximate surface area is 339 Å². The van der Waals surface area contributed by atoms with Crippen LogP contribution < -0.4 is 16.3 Å². The summed E-state index contributed by atoms with van der Waals surface area (Å²) in [7, 11) is 1.64. The van der Waals surface area contributed by atoms with Crippen LogP contribution in [0.1, 0.15) is 109 Å². The highest BCUT2D eigenvalue weighted by atomic mass is 32.1. The molecule has 3 amide bonds. The summed E-state index contributed by atoms with van der Waals surface area (Å²) in [5.74, 6) is -1.64. The van der Waals surface area contributed by atoms with Crippen molar-refractivity contribution in [2.75, 3.05) is 25.0 Å². The summed E-state index contributed by atoms with van der Waals surface area (Å²) in [6.07, 6.45) is 0.124. The quantitative estimate of drug-likeness (QED) is 0.120. The number of alkyl halides is 4. The number of aliphatic hydroxyl groups is 1. The van der Waals surface area contributed by atoms with E-state index in [2.05, 4.69) is 25.5 Å². The maximum Gasteiger partial charge on any atom is 0.434 e. The number of piperidine rings is 2. The number of amides is 3. The molecule has 5 heterocycles. The third kappa shape index (κ3) is 8.01. The van der Waals surface area contributed by atoms with Crippen LogP contribution >= 0.6 is 11.3 Å². The summed E-state index contributed by atoms with van der Waals surface area (Å²) in [6, 6.07) is 7.99. The number of imidazole rings is 1. The van der Waals surface area contributed by atoms with Gasteiger partial charge in [-0.25, -0.2) is 19.2 Å². The fourth-order valence-electron chi connectivity index (χ4n) is 9.01. The molecule has 3 N–H and O–H groups in total. The molecule has 2 aliphatic heterocycles. The Balaban J connectivity index is 0.912. The zero-order valence-corrected chi connectivity index (χ0v) is 33.5. The third-order valence-electron chi connectivity index (χ3n) is 12.0. The average Bonchev–Trinajstić information content (AvgIpc) is 3.71. The number of carbonyl (C=O) groups excluding carboxylic acids is 3. The van der Waals surface area contributed by atoms with E-state index in [4.69, 9.17) is 4.98 Å². The molecule has 0 radical (unpaired) electrons. The van der Waals surface area contributed by atoms with E-state index in [0.717, 1.165) is 53.7 Å². The molecule has 3 fully saturated rings. The molecule has 0 spiro atoms. The van der Waals surface area contributed by atoms with Crippen LogP contribution in [0.2, 0.25) is 0 Å². The lowest BCUT2D eigenvalue weighted by atomic mass is 9.81. The summed E-state index contributed by atoms with van der Waals surface area (Å²) >= 11 is 1.48. The highest BCUT2D eigenvalue weighted by molar-refractivity contribution is 7.18. The van der Waals surface area contributed by atoms with Gasteiger partial charge in [-0.15, -0.1) is 11.3 Å². The Bertz CT molecular complexity index is 2520. The number of hydrogen-bond acceptors (Lipinski definition) is 10. The van der Waals surface area contributed by atoms with Crippen LogP contribution in [-0.2, 0) is 28.4 Å². The van der Waals surface area contributed by atoms with Gasteiger partial charge in [0.05, 0.1) is 44.3 Å². The van der Waals surface area contributed by atoms with Crippen molar-refractivity contribution in [2.24, 2.45) is 13.0 Å². The second-order valence-corrected chi connectivity index (χ2v) is 17.6. The average molecular weight is 837 g/mol. The molecule has 3 atom stereocenters. The number of thiazole rings is 1. The van der Waals surface area contributed by atoms with Crippen molar-refractivity contribution in [3.63, 3.8) is 0 Å². The number of fused-ring (bicyclic) bond motifs is 2. The monoisotopic (exact) mass is 836 g/mol. The first-order chi connectivity index (χ1) is 28.0. The zero-order valence-electron chi connectivity index (χ0n) is 32.7. The number of carbonyl (C=O) groups is 3. The molecule has 2 saturated heterocycles. The molecule has 312 valence electrons. The first-order valence-electron chi connectivity index (χ1n) is 19.7. The van der Waals surface area contributed by atoms with E-state index in [0.29, 0.717) is 47.2 Å². The van der Waals surface area contributed by atoms with Gasteiger partial charge < -0.3 is 15.3 Å². The van der Waals surface area contributed by atoms with E-state index >= 15 is 4.39 Å². The van der Waals surface area contributed by atoms with Gasteiger partial charge in [-0.1, -0.05) is 12.1 Å².